The summed E-state index contributed by atoms with van der Waals surface area (Å²) in [4.78, 5) is 26.3. The molecule has 7 heteroatoms. The molecule has 0 aliphatic heterocycles. The topological polar surface area (TPSA) is 113 Å². The van der Waals surface area contributed by atoms with Crippen molar-refractivity contribution in [1.29, 1.82) is 0 Å². The number of carboxylic acid groups (broad SMARTS) is 1. The minimum Gasteiger partial charge on any atom is -0.480 e. The third kappa shape index (κ3) is 2.30. The third-order valence-electron chi connectivity index (χ3n) is 2.38. The number of benzene rings is 1. The van der Waals surface area contributed by atoms with E-state index < -0.39 is 24.5 Å². The van der Waals surface area contributed by atoms with Crippen molar-refractivity contribution >= 4 is 23.0 Å². The van der Waals surface area contributed by atoms with Crippen LogP contribution in [-0.4, -0.2) is 39.7 Å². The fourth-order valence-corrected chi connectivity index (χ4v) is 1.43. The van der Waals surface area contributed by atoms with Gasteiger partial charge in [-0.2, -0.15) is 0 Å². The Morgan fingerprint density at radius 3 is 2.89 bits per heavy atom. The summed E-state index contributed by atoms with van der Waals surface area (Å²) in [5.41, 5.74) is 1.28. The van der Waals surface area contributed by atoms with E-state index in [1.165, 1.54) is 18.5 Å². The number of carboxylic acids is 1. The number of amides is 1. The predicted molar refractivity (Wildman–Crippen MR) is 60.0 cm³/mol. The number of aliphatic hydroxyl groups excluding tert-OH is 1. The Morgan fingerprint density at radius 1 is 1.44 bits per heavy atom. The third-order valence-corrected chi connectivity index (χ3v) is 2.38. The van der Waals surface area contributed by atoms with Gasteiger partial charge in [-0.25, -0.2) is 9.78 Å². The molecule has 2 aromatic rings. The largest absolute Gasteiger partial charge is 0.480 e. The molecule has 1 heterocycles. The van der Waals surface area contributed by atoms with Crippen molar-refractivity contribution in [2.45, 2.75) is 6.04 Å². The second kappa shape index (κ2) is 4.84. The summed E-state index contributed by atoms with van der Waals surface area (Å²) in [7, 11) is 0. The van der Waals surface area contributed by atoms with E-state index in [1.807, 2.05) is 0 Å². The Hall–Kier alpha value is -2.41. The van der Waals surface area contributed by atoms with Crippen LogP contribution in [0.15, 0.2) is 29.0 Å². The van der Waals surface area contributed by atoms with Crippen molar-refractivity contribution in [2.24, 2.45) is 0 Å². The molecule has 94 valence electrons. The van der Waals surface area contributed by atoms with Gasteiger partial charge in [-0.1, -0.05) is 0 Å². The summed E-state index contributed by atoms with van der Waals surface area (Å²) in [6.45, 7) is -0.673. The first-order valence-corrected chi connectivity index (χ1v) is 5.09. The number of nitrogens with one attached hydrogen (secondary N) is 1. The van der Waals surface area contributed by atoms with Gasteiger partial charge in [0, 0.05) is 5.56 Å². The molecule has 0 spiro atoms. The van der Waals surface area contributed by atoms with Crippen molar-refractivity contribution in [3.05, 3.63) is 30.2 Å². The zero-order valence-corrected chi connectivity index (χ0v) is 9.16. The number of nitrogens with zero attached hydrogens (tertiary/aromatic N) is 1. The van der Waals surface area contributed by atoms with Crippen LogP contribution >= 0.6 is 0 Å². The van der Waals surface area contributed by atoms with Gasteiger partial charge in [-0.05, 0) is 18.2 Å². The lowest BCUT2D eigenvalue weighted by atomic mass is 10.2. The number of aliphatic hydroxyl groups is 1. The highest BCUT2D eigenvalue weighted by Gasteiger charge is 2.19. The highest BCUT2D eigenvalue weighted by atomic mass is 16.4. The Labute approximate surface area is 101 Å². The van der Waals surface area contributed by atoms with Gasteiger partial charge >= 0.3 is 5.97 Å². The Morgan fingerprint density at radius 2 is 2.22 bits per heavy atom. The molecule has 7 nitrogen and oxygen atoms in total. The molecule has 1 unspecified atom stereocenters. The molecule has 0 fully saturated rings. The molecule has 0 bridgehead atoms. The van der Waals surface area contributed by atoms with E-state index in [9.17, 15) is 9.59 Å². The minimum absolute atomic E-state index is 0.246. The van der Waals surface area contributed by atoms with Gasteiger partial charge in [-0.15, -0.1) is 0 Å². The molecule has 1 amide bonds. The zero-order valence-electron chi connectivity index (χ0n) is 9.16. The van der Waals surface area contributed by atoms with E-state index >= 15 is 0 Å². The van der Waals surface area contributed by atoms with Crippen LogP contribution in [0.4, 0.5) is 0 Å². The van der Waals surface area contributed by atoms with E-state index in [0.717, 1.165) is 0 Å². The van der Waals surface area contributed by atoms with Crippen LogP contribution in [0.3, 0.4) is 0 Å². The zero-order chi connectivity index (χ0) is 13.1. The van der Waals surface area contributed by atoms with Gasteiger partial charge in [0.05, 0.1) is 6.61 Å². The molecule has 1 aromatic heterocycles. The second-order valence-corrected chi connectivity index (χ2v) is 3.58. The monoisotopic (exact) mass is 250 g/mol. The number of carbonyl (C=O) groups excluding carboxylic acids is 1. The summed E-state index contributed by atoms with van der Waals surface area (Å²) < 4.78 is 5.02. The normalized spacial score (nSPS) is 12.3. The molecule has 18 heavy (non-hydrogen) atoms. The molecule has 2 rings (SSSR count). The van der Waals surface area contributed by atoms with Gasteiger partial charge in [-0.3, -0.25) is 4.79 Å². The van der Waals surface area contributed by atoms with Gasteiger partial charge in [0.15, 0.2) is 18.0 Å². The number of aromatic nitrogens is 1. The van der Waals surface area contributed by atoms with Crippen LogP contribution < -0.4 is 5.32 Å². The van der Waals surface area contributed by atoms with Crippen LogP contribution in [0.2, 0.25) is 0 Å². The SMILES string of the molecule is O=C(NC(CO)C(=O)O)c1ccc2ocnc2c1. The molecular weight excluding hydrogens is 240 g/mol. The quantitative estimate of drug-likeness (QED) is 0.704. The summed E-state index contributed by atoms with van der Waals surface area (Å²) in [6, 6.07) is 3.20. The van der Waals surface area contributed by atoms with Crippen molar-refractivity contribution < 1.29 is 24.2 Å². The number of carbonyl (C=O) groups is 2. The predicted octanol–water partition coefficient (Wildman–Crippen LogP) is 0.00310. The summed E-state index contributed by atoms with van der Waals surface area (Å²) in [5.74, 6) is -1.89. The first-order valence-electron chi connectivity index (χ1n) is 5.09. The molecule has 3 N–H and O–H groups in total. The maximum absolute atomic E-state index is 11.7. The van der Waals surface area contributed by atoms with Crippen molar-refractivity contribution in [3.8, 4) is 0 Å². The standard InChI is InChI=1S/C11H10N2O5/c14-4-8(11(16)17)13-10(15)6-1-2-9-7(3-6)12-5-18-9/h1-3,5,8,14H,4H2,(H,13,15)(H,16,17). The van der Waals surface area contributed by atoms with Crippen LogP contribution in [0.1, 0.15) is 10.4 Å². The van der Waals surface area contributed by atoms with E-state index in [2.05, 4.69) is 10.3 Å². The molecule has 0 radical (unpaired) electrons. The second-order valence-electron chi connectivity index (χ2n) is 3.58. The Kier molecular flexibility index (Phi) is 3.24. The average Bonchev–Trinajstić information content (AvgIpc) is 2.82. The van der Waals surface area contributed by atoms with Crippen molar-refractivity contribution in [1.82, 2.24) is 10.3 Å². The minimum atomic E-state index is -1.33. The van der Waals surface area contributed by atoms with Crippen molar-refractivity contribution in [2.75, 3.05) is 6.61 Å². The van der Waals surface area contributed by atoms with Crippen LogP contribution in [0.25, 0.3) is 11.1 Å². The Bertz CT molecular complexity index is 592. The Balaban J connectivity index is 2.19. The summed E-state index contributed by atoms with van der Waals surface area (Å²) >= 11 is 0. The lowest BCUT2D eigenvalue weighted by Gasteiger charge is -2.11. The number of fused-ring (bicyclic) bond motifs is 1. The van der Waals surface area contributed by atoms with E-state index in [1.54, 1.807) is 6.07 Å². The molecule has 0 aliphatic rings. The first kappa shape index (κ1) is 12.1. The van der Waals surface area contributed by atoms with Gasteiger partial charge in [0.2, 0.25) is 0 Å². The number of oxazole rings is 1. The maximum Gasteiger partial charge on any atom is 0.328 e. The number of aliphatic carboxylic acids is 1. The van der Waals surface area contributed by atoms with E-state index in [-0.39, 0.29) is 5.56 Å². The number of rotatable bonds is 4. The van der Waals surface area contributed by atoms with Crippen LogP contribution in [0, 0.1) is 0 Å². The fourth-order valence-electron chi connectivity index (χ4n) is 1.43. The number of hydrogen-bond acceptors (Lipinski definition) is 5. The van der Waals surface area contributed by atoms with E-state index in [4.69, 9.17) is 14.6 Å². The lowest BCUT2D eigenvalue weighted by Crippen LogP contribution is -2.43. The molecule has 1 atom stereocenters. The maximum atomic E-state index is 11.7. The highest BCUT2D eigenvalue weighted by Crippen LogP contribution is 2.14. The van der Waals surface area contributed by atoms with Gasteiger partial charge in [0.1, 0.15) is 5.52 Å². The van der Waals surface area contributed by atoms with E-state index in [0.29, 0.717) is 11.1 Å². The van der Waals surface area contributed by atoms with Gasteiger partial charge in [0.25, 0.3) is 5.91 Å². The number of hydrogen-bond donors (Lipinski definition) is 3. The average molecular weight is 250 g/mol. The van der Waals surface area contributed by atoms with Crippen molar-refractivity contribution in [3.63, 3.8) is 0 Å². The smallest absolute Gasteiger partial charge is 0.328 e. The van der Waals surface area contributed by atoms with Crippen LogP contribution in [0.5, 0.6) is 0 Å². The molecule has 0 aliphatic carbocycles. The highest BCUT2D eigenvalue weighted by molar-refractivity contribution is 5.98. The summed E-state index contributed by atoms with van der Waals surface area (Å²) in [6.07, 6.45) is 1.25. The molecular formula is C11H10N2O5. The van der Waals surface area contributed by atoms with Crippen LogP contribution in [-0.2, 0) is 4.79 Å². The molecule has 0 saturated carbocycles. The lowest BCUT2D eigenvalue weighted by molar-refractivity contribution is -0.140. The molecule has 0 saturated heterocycles. The summed E-state index contributed by atoms with van der Waals surface area (Å²) in [5, 5.41) is 19.7. The fraction of sp³-hybridized carbons (Fsp3) is 0.182. The molecule has 1 aromatic carbocycles. The van der Waals surface area contributed by atoms with Gasteiger partial charge < -0.3 is 19.9 Å². The first-order chi connectivity index (χ1) is 8.61.